The molecule has 0 atom stereocenters. The summed E-state index contributed by atoms with van der Waals surface area (Å²) in [5.41, 5.74) is 2.21. The zero-order valence-corrected chi connectivity index (χ0v) is 31.4. The summed E-state index contributed by atoms with van der Waals surface area (Å²) in [6.45, 7) is 3.48. The summed E-state index contributed by atoms with van der Waals surface area (Å²) in [7, 11) is -13.5. The number of azo groups is 2. The van der Waals surface area contributed by atoms with Crippen LogP contribution in [0.4, 0.5) is 39.8 Å². The Balaban J connectivity index is 1.25. The number of aryl methyl sites for hydroxylation is 2. The van der Waals surface area contributed by atoms with Gasteiger partial charge >= 0.3 is 10.1 Å². The van der Waals surface area contributed by atoms with Crippen LogP contribution < -0.4 is 9.50 Å². The standard InChI is InChI=1S/C36H28N6O11S3/c1-22-3-11-28(12-4-22)56(51,52)53-35-18-9-26(19-23(35)2)39-40-32-16-17-33(31-21-29(54(45,46)47)13-14-30(31)32)41-38-25-7-5-24(6-8-25)37-34-15-10-27(42(43)44)20-36(34)55(48,49)50/h3-21,37H,1-2H3,(H,45,46,47)(H,48,49,50). The lowest BCUT2D eigenvalue weighted by Gasteiger charge is -2.10. The molecule has 0 aliphatic rings. The lowest BCUT2D eigenvalue weighted by Crippen LogP contribution is -2.10. The Hall–Kier alpha value is -6.45. The van der Waals surface area contributed by atoms with Gasteiger partial charge < -0.3 is 9.50 Å². The van der Waals surface area contributed by atoms with Gasteiger partial charge in [0.25, 0.3) is 25.9 Å². The molecule has 0 aliphatic carbocycles. The molecule has 0 saturated heterocycles. The Morgan fingerprint density at radius 2 is 1.23 bits per heavy atom. The van der Waals surface area contributed by atoms with Crippen molar-refractivity contribution in [2.24, 2.45) is 20.5 Å². The first-order valence-corrected chi connectivity index (χ1v) is 20.3. The van der Waals surface area contributed by atoms with Crippen LogP contribution in [0, 0.1) is 24.0 Å². The zero-order valence-electron chi connectivity index (χ0n) is 29.0. The number of nitrogens with zero attached hydrogens (tertiary/aromatic N) is 5. The molecular weight excluding hydrogens is 789 g/mol. The molecule has 0 spiro atoms. The van der Waals surface area contributed by atoms with E-state index in [9.17, 15) is 44.5 Å². The van der Waals surface area contributed by atoms with Crippen LogP contribution >= 0.6 is 0 Å². The van der Waals surface area contributed by atoms with Crippen molar-refractivity contribution in [3.8, 4) is 5.75 Å². The topological polar surface area (TPSA) is 257 Å². The average Bonchev–Trinajstić information content (AvgIpc) is 3.14. The predicted molar refractivity (Wildman–Crippen MR) is 205 cm³/mol. The highest BCUT2D eigenvalue weighted by Gasteiger charge is 2.21. The third kappa shape index (κ3) is 9.08. The van der Waals surface area contributed by atoms with Crippen molar-refractivity contribution in [1.82, 2.24) is 0 Å². The summed E-state index contributed by atoms with van der Waals surface area (Å²) in [6, 6.07) is 26.6. The van der Waals surface area contributed by atoms with Crippen LogP contribution in [0.25, 0.3) is 10.8 Å². The second-order valence-electron chi connectivity index (χ2n) is 12.1. The number of anilines is 2. The van der Waals surface area contributed by atoms with E-state index in [4.69, 9.17) is 4.18 Å². The van der Waals surface area contributed by atoms with Gasteiger partial charge in [0.2, 0.25) is 0 Å². The van der Waals surface area contributed by atoms with Crippen molar-refractivity contribution in [3.05, 3.63) is 137 Å². The van der Waals surface area contributed by atoms with Crippen molar-refractivity contribution in [1.29, 1.82) is 0 Å². The molecule has 0 heterocycles. The molecule has 0 bridgehead atoms. The Labute approximate surface area is 319 Å². The molecule has 0 aromatic heterocycles. The number of nitrogens with one attached hydrogen (secondary N) is 1. The first kappa shape index (κ1) is 39.2. The maximum atomic E-state index is 12.8. The maximum Gasteiger partial charge on any atom is 0.339 e. The van der Waals surface area contributed by atoms with E-state index in [1.54, 1.807) is 31.2 Å². The molecule has 6 aromatic carbocycles. The number of nitro benzene ring substituents is 1. The van der Waals surface area contributed by atoms with E-state index < -0.39 is 50.8 Å². The highest BCUT2D eigenvalue weighted by Crippen LogP contribution is 2.38. The highest BCUT2D eigenvalue weighted by atomic mass is 32.2. The van der Waals surface area contributed by atoms with Gasteiger partial charge in [-0.1, -0.05) is 23.8 Å². The summed E-state index contributed by atoms with van der Waals surface area (Å²) in [5.74, 6) is 0.101. The Morgan fingerprint density at radius 1 is 0.625 bits per heavy atom. The van der Waals surface area contributed by atoms with E-state index in [2.05, 4.69) is 25.8 Å². The van der Waals surface area contributed by atoms with Crippen LogP contribution in [-0.4, -0.2) is 39.3 Å². The van der Waals surface area contributed by atoms with Crippen molar-refractivity contribution in [2.75, 3.05) is 5.32 Å². The molecule has 56 heavy (non-hydrogen) atoms. The smallest absolute Gasteiger partial charge is 0.339 e. The van der Waals surface area contributed by atoms with Crippen LogP contribution in [0.15, 0.2) is 150 Å². The van der Waals surface area contributed by atoms with Crippen molar-refractivity contribution in [2.45, 2.75) is 28.5 Å². The molecule has 0 amide bonds. The van der Waals surface area contributed by atoms with Gasteiger partial charge in [-0.25, -0.2) is 0 Å². The number of nitro groups is 1. The van der Waals surface area contributed by atoms with Crippen LogP contribution in [0.2, 0.25) is 0 Å². The van der Waals surface area contributed by atoms with Crippen LogP contribution in [-0.2, 0) is 30.4 Å². The minimum atomic E-state index is -4.82. The van der Waals surface area contributed by atoms with Gasteiger partial charge in [-0.15, -0.1) is 10.2 Å². The third-order valence-electron chi connectivity index (χ3n) is 8.05. The second kappa shape index (κ2) is 15.4. The lowest BCUT2D eigenvalue weighted by atomic mass is 10.1. The molecule has 0 saturated carbocycles. The lowest BCUT2D eigenvalue weighted by molar-refractivity contribution is -0.385. The first-order valence-electron chi connectivity index (χ1n) is 16.0. The van der Waals surface area contributed by atoms with Gasteiger partial charge in [-0.2, -0.15) is 35.5 Å². The van der Waals surface area contributed by atoms with E-state index in [1.165, 1.54) is 72.8 Å². The van der Waals surface area contributed by atoms with Crippen LogP contribution in [0.5, 0.6) is 5.75 Å². The third-order valence-corrected chi connectivity index (χ3v) is 11.0. The van der Waals surface area contributed by atoms with Crippen molar-refractivity contribution >= 4 is 80.9 Å². The summed E-state index contributed by atoms with van der Waals surface area (Å²) in [6.07, 6.45) is 0. The second-order valence-corrected chi connectivity index (χ2v) is 16.4. The van der Waals surface area contributed by atoms with E-state index in [0.29, 0.717) is 33.7 Å². The number of hydrogen-bond donors (Lipinski definition) is 3. The summed E-state index contributed by atoms with van der Waals surface area (Å²) in [4.78, 5) is 9.20. The predicted octanol–water partition coefficient (Wildman–Crippen LogP) is 9.20. The van der Waals surface area contributed by atoms with Crippen molar-refractivity contribution < 1.29 is 43.5 Å². The van der Waals surface area contributed by atoms with Gasteiger partial charge in [-0.3, -0.25) is 19.2 Å². The van der Waals surface area contributed by atoms with Crippen LogP contribution in [0.3, 0.4) is 0 Å². The van der Waals surface area contributed by atoms with E-state index in [0.717, 1.165) is 23.8 Å². The number of fused-ring (bicyclic) bond motifs is 1. The molecule has 0 fully saturated rings. The van der Waals surface area contributed by atoms with Gasteiger partial charge in [0, 0.05) is 28.6 Å². The molecule has 6 aromatic rings. The fourth-order valence-corrected chi connectivity index (χ4v) is 7.39. The van der Waals surface area contributed by atoms with E-state index in [-0.39, 0.29) is 27.4 Å². The SMILES string of the molecule is Cc1ccc(S(=O)(=O)Oc2ccc(N=Nc3ccc(N=Nc4ccc(Nc5ccc([N+](=O)[O-])cc5S(=O)(=O)O)cc4)c4cc(S(=O)(=O)O)ccc34)cc2C)cc1. The number of benzene rings is 6. The Bertz CT molecular complexity index is 2920. The van der Waals surface area contributed by atoms with Crippen LogP contribution in [0.1, 0.15) is 11.1 Å². The summed E-state index contributed by atoms with van der Waals surface area (Å²) in [5, 5.41) is 31.6. The highest BCUT2D eigenvalue weighted by molar-refractivity contribution is 7.87. The fourth-order valence-electron chi connectivity index (χ4n) is 5.22. The molecule has 20 heteroatoms. The molecule has 0 radical (unpaired) electrons. The van der Waals surface area contributed by atoms with Crippen molar-refractivity contribution in [3.63, 3.8) is 0 Å². The van der Waals surface area contributed by atoms with Gasteiger partial charge in [0.05, 0.1) is 38.3 Å². The molecule has 17 nitrogen and oxygen atoms in total. The number of hydrogen-bond acceptors (Lipinski definition) is 14. The number of rotatable bonds is 12. The molecule has 0 unspecified atom stereocenters. The fraction of sp³-hybridized carbons (Fsp3) is 0.0556. The van der Waals surface area contributed by atoms with E-state index >= 15 is 0 Å². The average molecular weight is 817 g/mol. The van der Waals surface area contributed by atoms with Gasteiger partial charge in [-0.05, 0) is 104 Å². The summed E-state index contributed by atoms with van der Waals surface area (Å²) < 4.78 is 98.1. The Kier molecular flexibility index (Phi) is 10.8. The van der Waals surface area contributed by atoms with Gasteiger partial charge in [0.1, 0.15) is 15.5 Å². The van der Waals surface area contributed by atoms with Gasteiger partial charge in [0.15, 0.2) is 0 Å². The number of non-ortho nitro benzene ring substituents is 1. The largest absolute Gasteiger partial charge is 0.379 e. The summed E-state index contributed by atoms with van der Waals surface area (Å²) >= 11 is 0. The van der Waals surface area contributed by atoms with E-state index in [1.807, 2.05) is 6.92 Å². The molecular formula is C36H28N6O11S3. The minimum Gasteiger partial charge on any atom is -0.379 e. The molecule has 0 aliphatic heterocycles. The maximum absolute atomic E-state index is 12.8. The molecule has 286 valence electrons. The minimum absolute atomic E-state index is 0.00415. The molecule has 6 rings (SSSR count). The Morgan fingerprint density at radius 3 is 1.84 bits per heavy atom. The zero-order chi connectivity index (χ0) is 40.4. The quantitative estimate of drug-likeness (QED) is 0.0343. The monoisotopic (exact) mass is 816 g/mol. The molecule has 3 N–H and O–H groups in total. The first-order chi connectivity index (χ1) is 26.4. The normalized spacial score (nSPS) is 12.4.